The van der Waals surface area contributed by atoms with Gasteiger partial charge in [-0.1, -0.05) is 32.4 Å². The van der Waals surface area contributed by atoms with Crippen LogP contribution < -0.4 is 10.1 Å². The summed E-state index contributed by atoms with van der Waals surface area (Å²) in [5, 5.41) is 4.13. The minimum absolute atomic E-state index is 0.0498. The fourth-order valence-electron chi connectivity index (χ4n) is 2.28. The summed E-state index contributed by atoms with van der Waals surface area (Å²) in [7, 11) is 0. The molecule has 18 heavy (non-hydrogen) atoms. The van der Waals surface area contributed by atoms with Gasteiger partial charge in [0.05, 0.1) is 6.61 Å². The Morgan fingerprint density at radius 2 is 2.17 bits per heavy atom. The molecule has 0 unspecified atom stereocenters. The molecule has 0 bridgehead atoms. The van der Waals surface area contributed by atoms with Crippen LogP contribution >= 0.6 is 11.6 Å². The lowest BCUT2D eigenvalue weighted by molar-refractivity contribution is 0.254. The van der Waals surface area contributed by atoms with Crippen molar-refractivity contribution >= 4 is 11.6 Å². The molecule has 1 aromatic rings. The first-order chi connectivity index (χ1) is 8.47. The van der Waals surface area contributed by atoms with Crippen LogP contribution in [0.1, 0.15) is 32.8 Å². The van der Waals surface area contributed by atoms with Gasteiger partial charge in [-0.05, 0) is 36.6 Å². The molecule has 2 nitrogen and oxygen atoms in total. The van der Waals surface area contributed by atoms with Crippen LogP contribution in [0.3, 0.4) is 0 Å². The van der Waals surface area contributed by atoms with Crippen molar-refractivity contribution in [1.82, 2.24) is 5.32 Å². The molecule has 1 aromatic carbocycles. The molecule has 0 spiro atoms. The Kier molecular flexibility index (Phi) is 4.18. The van der Waals surface area contributed by atoms with Gasteiger partial charge < -0.3 is 10.1 Å². The second kappa shape index (κ2) is 5.50. The molecule has 1 saturated heterocycles. The van der Waals surface area contributed by atoms with Gasteiger partial charge in [0.25, 0.3) is 0 Å². The van der Waals surface area contributed by atoms with E-state index in [0.29, 0.717) is 5.92 Å². The third kappa shape index (κ3) is 3.39. The third-order valence-electron chi connectivity index (χ3n) is 3.39. The van der Waals surface area contributed by atoms with Crippen LogP contribution in [0.5, 0.6) is 5.75 Å². The first-order valence-corrected chi connectivity index (χ1v) is 6.98. The number of nitrogens with one attached hydrogen (secondary N) is 1. The van der Waals surface area contributed by atoms with Crippen molar-refractivity contribution in [1.29, 1.82) is 0 Å². The van der Waals surface area contributed by atoms with Crippen molar-refractivity contribution in [2.75, 3.05) is 19.7 Å². The molecule has 100 valence electrons. The summed E-state index contributed by atoms with van der Waals surface area (Å²) in [5.41, 5.74) is 1.23. The van der Waals surface area contributed by atoms with Crippen LogP contribution in [0.15, 0.2) is 18.2 Å². The van der Waals surface area contributed by atoms with E-state index < -0.39 is 0 Å². The maximum absolute atomic E-state index is 6.08. The van der Waals surface area contributed by atoms with Crippen LogP contribution in [-0.2, 0) is 5.41 Å². The summed E-state index contributed by atoms with van der Waals surface area (Å²) in [6.07, 6.45) is 1.21. The van der Waals surface area contributed by atoms with Crippen molar-refractivity contribution in [2.24, 2.45) is 5.92 Å². The predicted molar refractivity (Wildman–Crippen MR) is 76.6 cm³/mol. The molecule has 2 rings (SSSR count). The molecule has 0 aromatic heterocycles. The van der Waals surface area contributed by atoms with E-state index >= 15 is 0 Å². The highest BCUT2D eigenvalue weighted by molar-refractivity contribution is 6.30. The summed E-state index contributed by atoms with van der Waals surface area (Å²) >= 11 is 6.08. The number of benzene rings is 1. The summed E-state index contributed by atoms with van der Waals surface area (Å²) < 4.78 is 6.00. The Morgan fingerprint density at radius 3 is 2.78 bits per heavy atom. The molecule has 1 aliphatic heterocycles. The van der Waals surface area contributed by atoms with Crippen molar-refractivity contribution in [3.63, 3.8) is 0 Å². The van der Waals surface area contributed by atoms with E-state index in [-0.39, 0.29) is 5.41 Å². The Bertz CT molecular complexity index is 405. The maximum Gasteiger partial charge on any atom is 0.123 e. The van der Waals surface area contributed by atoms with Gasteiger partial charge in [-0.3, -0.25) is 0 Å². The van der Waals surface area contributed by atoms with E-state index in [1.807, 2.05) is 18.2 Å². The number of hydrogen-bond acceptors (Lipinski definition) is 2. The standard InChI is InChI=1S/C15H22ClNO/c1-15(2,3)13-8-12(16)4-5-14(13)18-10-11-6-7-17-9-11/h4-5,8,11,17H,6-7,9-10H2,1-3H3/t11-/m1/s1. The van der Waals surface area contributed by atoms with Crippen molar-refractivity contribution < 1.29 is 4.74 Å². The molecule has 0 saturated carbocycles. The van der Waals surface area contributed by atoms with Gasteiger partial charge in [0.1, 0.15) is 5.75 Å². The summed E-state index contributed by atoms with van der Waals surface area (Å²) in [6.45, 7) is 9.52. The highest BCUT2D eigenvalue weighted by Gasteiger charge is 2.21. The highest BCUT2D eigenvalue weighted by atomic mass is 35.5. The number of halogens is 1. The zero-order chi connectivity index (χ0) is 13.2. The average Bonchev–Trinajstić information content (AvgIpc) is 2.79. The van der Waals surface area contributed by atoms with Gasteiger partial charge in [0.15, 0.2) is 0 Å². The monoisotopic (exact) mass is 267 g/mol. The molecule has 3 heteroatoms. The van der Waals surface area contributed by atoms with Gasteiger partial charge in [-0.2, -0.15) is 0 Å². The largest absolute Gasteiger partial charge is 0.493 e. The van der Waals surface area contributed by atoms with Crippen LogP contribution in [0.2, 0.25) is 5.02 Å². The molecule has 1 atom stereocenters. The zero-order valence-electron chi connectivity index (χ0n) is 11.4. The van der Waals surface area contributed by atoms with Gasteiger partial charge in [-0.15, -0.1) is 0 Å². The maximum atomic E-state index is 6.08. The topological polar surface area (TPSA) is 21.3 Å². The summed E-state index contributed by atoms with van der Waals surface area (Å²) in [6, 6.07) is 5.91. The normalized spacial score (nSPS) is 20.1. The molecule has 1 heterocycles. The quantitative estimate of drug-likeness (QED) is 0.903. The smallest absolute Gasteiger partial charge is 0.123 e. The number of hydrogen-bond donors (Lipinski definition) is 1. The van der Waals surface area contributed by atoms with Crippen LogP contribution in [-0.4, -0.2) is 19.7 Å². The van der Waals surface area contributed by atoms with Crippen LogP contribution in [0.25, 0.3) is 0 Å². The Balaban J connectivity index is 2.11. The van der Waals surface area contributed by atoms with Gasteiger partial charge in [-0.25, -0.2) is 0 Å². The Labute approximate surface area is 115 Å². The fraction of sp³-hybridized carbons (Fsp3) is 0.600. The lowest BCUT2D eigenvalue weighted by atomic mass is 9.86. The first-order valence-electron chi connectivity index (χ1n) is 6.60. The second-order valence-electron chi connectivity index (χ2n) is 6.06. The van der Waals surface area contributed by atoms with E-state index in [4.69, 9.17) is 16.3 Å². The highest BCUT2D eigenvalue weighted by Crippen LogP contribution is 2.33. The molecule has 0 radical (unpaired) electrons. The van der Waals surface area contributed by atoms with Crippen LogP contribution in [0.4, 0.5) is 0 Å². The summed E-state index contributed by atoms with van der Waals surface area (Å²) in [5.74, 6) is 1.60. The van der Waals surface area contributed by atoms with Crippen molar-refractivity contribution in [3.8, 4) is 5.75 Å². The third-order valence-corrected chi connectivity index (χ3v) is 3.62. The SMILES string of the molecule is CC(C)(C)c1cc(Cl)ccc1OC[C@@H]1CCNC1. The average molecular weight is 268 g/mol. The van der Waals surface area contributed by atoms with Crippen LogP contribution in [0, 0.1) is 5.92 Å². The van der Waals surface area contributed by atoms with Gasteiger partial charge in [0.2, 0.25) is 0 Å². The van der Waals surface area contributed by atoms with Crippen molar-refractivity contribution in [2.45, 2.75) is 32.6 Å². The molecule has 0 amide bonds. The summed E-state index contributed by atoms with van der Waals surface area (Å²) in [4.78, 5) is 0. The lowest BCUT2D eigenvalue weighted by Gasteiger charge is -2.24. The van der Waals surface area contributed by atoms with E-state index in [1.165, 1.54) is 12.0 Å². The number of rotatable bonds is 3. The van der Waals surface area contributed by atoms with E-state index in [2.05, 4.69) is 26.1 Å². The van der Waals surface area contributed by atoms with Gasteiger partial charge >= 0.3 is 0 Å². The van der Waals surface area contributed by atoms with Gasteiger partial charge in [0, 0.05) is 23.0 Å². The molecular formula is C15H22ClNO. The zero-order valence-corrected chi connectivity index (χ0v) is 12.2. The fourth-order valence-corrected chi connectivity index (χ4v) is 2.45. The molecular weight excluding hydrogens is 246 g/mol. The van der Waals surface area contributed by atoms with E-state index in [1.54, 1.807) is 0 Å². The Morgan fingerprint density at radius 1 is 1.39 bits per heavy atom. The Hall–Kier alpha value is -0.730. The first kappa shape index (κ1) is 13.7. The molecule has 1 N–H and O–H groups in total. The minimum Gasteiger partial charge on any atom is -0.493 e. The molecule has 1 fully saturated rings. The lowest BCUT2D eigenvalue weighted by Crippen LogP contribution is -2.18. The van der Waals surface area contributed by atoms with E-state index in [0.717, 1.165) is 30.5 Å². The van der Waals surface area contributed by atoms with Crippen molar-refractivity contribution in [3.05, 3.63) is 28.8 Å². The van der Waals surface area contributed by atoms with E-state index in [9.17, 15) is 0 Å². The number of ether oxygens (including phenoxy) is 1. The minimum atomic E-state index is 0.0498. The molecule has 1 aliphatic rings. The predicted octanol–water partition coefficient (Wildman–Crippen LogP) is 3.63. The second-order valence-corrected chi connectivity index (χ2v) is 6.50. The molecule has 0 aliphatic carbocycles.